The van der Waals surface area contributed by atoms with Crippen LogP contribution < -0.4 is 10.6 Å². The molecule has 0 spiro atoms. The van der Waals surface area contributed by atoms with E-state index in [4.69, 9.17) is 0 Å². The van der Waals surface area contributed by atoms with Crippen molar-refractivity contribution >= 4 is 18.1 Å². The van der Waals surface area contributed by atoms with Gasteiger partial charge in [-0.3, -0.25) is 19.7 Å². The van der Waals surface area contributed by atoms with Crippen molar-refractivity contribution in [3.63, 3.8) is 0 Å². The fourth-order valence-electron chi connectivity index (χ4n) is 1.98. The lowest BCUT2D eigenvalue weighted by Gasteiger charge is -2.21. The molecule has 0 radical (unpaired) electrons. The van der Waals surface area contributed by atoms with Crippen LogP contribution in [-0.4, -0.2) is 36.2 Å². The van der Waals surface area contributed by atoms with Gasteiger partial charge in [0.15, 0.2) is 6.29 Å². The molecule has 1 aromatic rings. The number of amides is 2. The maximum atomic E-state index is 11.8. The Hall–Kier alpha value is -1.95. The largest absolute Gasteiger partial charge is 0.348 e. The molecule has 96 valence electrons. The standard InChI is InChI=1S/C12H15N3O3/c16-7-9-1-2-10(14-9)12(18)15-11(17)8-3-5-13-6-4-8/h1-2,7-8,13-14H,3-6H2,(H,15,17,18). The molecule has 6 nitrogen and oxygen atoms in total. The van der Waals surface area contributed by atoms with Crippen molar-refractivity contribution in [2.75, 3.05) is 13.1 Å². The molecule has 2 heterocycles. The summed E-state index contributed by atoms with van der Waals surface area (Å²) < 4.78 is 0. The summed E-state index contributed by atoms with van der Waals surface area (Å²) in [7, 11) is 0. The Morgan fingerprint density at radius 2 is 2.00 bits per heavy atom. The second-order valence-corrected chi connectivity index (χ2v) is 4.29. The van der Waals surface area contributed by atoms with E-state index in [1.807, 2.05) is 0 Å². The summed E-state index contributed by atoms with van der Waals surface area (Å²) in [6.07, 6.45) is 2.10. The topological polar surface area (TPSA) is 91.1 Å². The van der Waals surface area contributed by atoms with Crippen LogP contribution in [0.15, 0.2) is 12.1 Å². The molecule has 0 saturated carbocycles. The van der Waals surface area contributed by atoms with Crippen LogP contribution in [0, 0.1) is 5.92 Å². The molecule has 1 saturated heterocycles. The quantitative estimate of drug-likeness (QED) is 0.522. The minimum Gasteiger partial charge on any atom is -0.348 e. The predicted octanol–water partition coefficient (Wildman–Crippen LogP) is 0.0832. The molecule has 1 aliphatic rings. The van der Waals surface area contributed by atoms with Gasteiger partial charge in [-0.25, -0.2) is 0 Å². The number of aromatic amines is 1. The first-order chi connectivity index (χ1) is 8.70. The molecule has 2 amide bonds. The van der Waals surface area contributed by atoms with Gasteiger partial charge in [-0.1, -0.05) is 0 Å². The van der Waals surface area contributed by atoms with Crippen molar-refractivity contribution in [1.29, 1.82) is 0 Å². The SMILES string of the molecule is O=Cc1ccc(C(=O)NC(=O)C2CCNCC2)[nH]1. The third kappa shape index (κ3) is 2.84. The van der Waals surface area contributed by atoms with E-state index in [9.17, 15) is 14.4 Å². The Bertz CT molecular complexity index is 461. The van der Waals surface area contributed by atoms with Gasteiger partial charge in [-0.15, -0.1) is 0 Å². The minimum absolute atomic E-state index is 0.115. The maximum absolute atomic E-state index is 11.8. The monoisotopic (exact) mass is 249 g/mol. The molecular weight excluding hydrogens is 234 g/mol. The Labute approximate surface area is 104 Å². The van der Waals surface area contributed by atoms with Crippen molar-refractivity contribution in [3.05, 3.63) is 23.5 Å². The normalized spacial score (nSPS) is 16.2. The lowest BCUT2D eigenvalue weighted by Crippen LogP contribution is -2.40. The molecule has 3 N–H and O–H groups in total. The lowest BCUT2D eigenvalue weighted by molar-refractivity contribution is -0.124. The first-order valence-electron chi connectivity index (χ1n) is 5.91. The molecular formula is C12H15N3O3. The van der Waals surface area contributed by atoms with Gasteiger partial charge in [0.05, 0.1) is 5.69 Å². The molecule has 6 heteroatoms. The van der Waals surface area contributed by atoms with Crippen LogP contribution in [0.2, 0.25) is 0 Å². The van der Waals surface area contributed by atoms with Crippen molar-refractivity contribution in [1.82, 2.24) is 15.6 Å². The summed E-state index contributed by atoms with van der Waals surface area (Å²) >= 11 is 0. The summed E-state index contributed by atoms with van der Waals surface area (Å²) in [6, 6.07) is 2.98. The van der Waals surface area contributed by atoms with Gasteiger partial charge in [0, 0.05) is 5.92 Å². The van der Waals surface area contributed by atoms with E-state index >= 15 is 0 Å². The zero-order valence-corrected chi connectivity index (χ0v) is 9.86. The number of hydrogen-bond donors (Lipinski definition) is 3. The third-order valence-corrected chi connectivity index (χ3v) is 3.03. The molecule has 18 heavy (non-hydrogen) atoms. The molecule has 2 rings (SSSR count). The Balaban J connectivity index is 1.93. The molecule has 1 aromatic heterocycles. The van der Waals surface area contributed by atoms with Gasteiger partial charge in [0.2, 0.25) is 5.91 Å². The molecule has 0 bridgehead atoms. The van der Waals surface area contributed by atoms with E-state index in [2.05, 4.69) is 15.6 Å². The van der Waals surface area contributed by atoms with Gasteiger partial charge < -0.3 is 10.3 Å². The number of rotatable bonds is 3. The van der Waals surface area contributed by atoms with Crippen molar-refractivity contribution in [3.8, 4) is 0 Å². The van der Waals surface area contributed by atoms with E-state index in [0.717, 1.165) is 25.9 Å². The van der Waals surface area contributed by atoms with E-state index in [1.54, 1.807) is 0 Å². The van der Waals surface area contributed by atoms with Gasteiger partial charge in [0.25, 0.3) is 5.91 Å². The fraction of sp³-hybridized carbons (Fsp3) is 0.417. The van der Waals surface area contributed by atoms with Crippen LogP contribution in [0.4, 0.5) is 0 Å². The van der Waals surface area contributed by atoms with Gasteiger partial charge >= 0.3 is 0 Å². The number of hydrogen-bond acceptors (Lipinski definition) is 4. The van der Waals surface area contributed by atoms with Crippen LogP contribution in [0.5, 0.6) is 0 Å². The highest BCUT2D eigenvalue weighted by Crippen LogP contribution is 2.11. The van der Waals surface area contributed by atoms with E-state index in [-0.39, 0.29) is 17.5 Å². The maximum Gasteiger partial charge on any atom is 0.274 e. The number of carbonyl (C=O) groups is 3. The average Bonchev–Trinajstić information content (AvgIpc) is 2.88. The zero-order chi connectivity index (χ0) is 13.0. The van der Waals surface area contributed by atoms with Crippen LogP contribution in [0.25, 0.3) is 0 Å². The summed E-state index contributed by atoms with van der Waals surface area (Å²) in [4.78, 5) is 36.6. The highest BCUT2D eigenvalue weighted by molar-refractivity contribution is 6.04. The highest BCUT2D eigenvalue weighted by atomic mass is 16.2. The molecule has 0 unspecified atom stereocenters. The Morgan fingerprint density at radius 1 is 1.28 bits per heavy atom. The predicted molar refractivity (Wildman–Crippen MR) is 64.2 cm³/mol. The van der Waals surface area contributed by atoms with Crippen LogP contribution in [-0.2, 0) is 4.79 Å². The van der Waals surface area contributed by atoms with Crippen LogP contribution in [0.1, 0.15) is 33.8 Å². The van der Waals surface area contributed by atoms with E-state index in [1.165, 1.54) is 12.1 Å². The van der Waals surface area contributed by atoms with Crippen molar-refractivity contribution in [2.24, 2.45) is 5.92 Å². The number of nitrogens with one attached hydrogen (secondary N) is 3. The van der Waals surface area contributed by atoms with Crippen LogP contribution >= 0.6 is 0 Å². The molecule has 0 atom stereocenters. The first-order valence-corrected chi connectivity index (χ1v) is 5.91. The lowest BCUT2D eigenvalue weighted by atomic mass is 9.97. The zero-order valence-electron chi connectivity index (χ0n) is 9.86. The summed E-state index contributed by atoms with van der Waals surface area (Å²) in [6.45, 7) is 1.59. The Morgan fingerprint density at radius 3 is 2.61 bits per heavy atom. The van der Waals surface area contributed by atoms with Gasteiger partial charge in [-0.05, 0) is 38.1 Å². The second kappa shape index (κ2) is 5.59. The summed E-state index contributed by atoms with van der Waals surface area (Å²) in [5.41, 5.74) is 0.536. The van der Waals surface area contributed by atoms with Crippen molar-refractivity contribution in [2.45, 2.75) is 12.8 Å². The number of carbonyl (C=O) groups excluding carboxylic acids is 3. The third-order valence-electron chi connectivity index (χ3n) is 3.03. The number of aldehydes is 1. The number of imide groups is 1. The summed E-state index contributed by atoms with van der Waals surface area (Å²) in [5, 5.41) is 5.51. The number of piperidine rings is 1. The molecule has 0 aromatic carbocycles. The first kappa shape index (κ1) is 12.5. The van der Waals surface area contributed by atoms with E-state index in [0.29, 0.717) is 12.0 Å². The molecule has 1 fully saturated rings. The summed E-state index contributed by atoms with van der Waals surface area (Å²) in [5.74, 6) is -0.855. The average molecular weight is 249 g/mol. The number of H-pyrrole nitrogens is 1. The highest BCUT2D eigenvalue weighted by Gasteiger charge is 2.23. The molecule has 0 aliphatic carbocycles. The van der Waals surface area contributed by atoms with Gasteiger partial charge in [-0.2, -0.15) is 0 Å². The second-order valence-electron chi connectivity index (χ2n) is 4.29. The fourth-order valence-corrected chi connectivity index (χ4v) is 1.98. The minimum atomic E-state index is -0.494. The van der Waals surface area contributed by atoms with Crippen molar-refractivity contribution < 1.29 is 14.4 Å². The smallest absolute Gasteiger partial charge is 0.274 e. The van der Waals surface area contributed by atoms with Crippen LogP contribution in [0.3, 0.4) is 0 Å². The van der Waals surface area contributed by atoms with Gasteiger partial charge in [0.1, 0.15) is 5.69 Å². The molecule has 1 aliphatic heterocycles. The Kier molecular flexibility index (Phi) is 3.88. The number of aromatic nitrogens is 1. The van der Waals surface area contributed by atoms with E-state index < -0.39 is 5.91 Å².